The highest BCUT2D eigenvalue weighted by Crippen LogP contribution is 2.38. The molecule has 0 N–H and O–H groups in total. The van der Waals surface area contributed by atoms with Crippen LogP contribution in [0.25, 0.3) is 0 Å². The Bertz CT molecular complexity index is 1140. The number of carbonyl (C=O) groups excluding carboxylic acids is 1. The Kier molecular flexibility index (Phi) is 7.78. The summed E-state index contributed by atoms with van der Waals surface area (Å²) in [5.41, 5.74) is -0.287. The van der Waals surface area contributed by atoms with Gasteiger partial charge in [0.25, 0.3) is 0 Å². The molecule has 2 heterocycles. The molecule has 0 aromatic heterocycles. The Morgan fingerprint density at radius 1 is 1.06 bits per heavy atom. The van der Waals surface area contributed by atoms with Crippen molar-refractivity contribution in [3.05, 3.63) is 59.9 Å². The molecule has 2 aliphatic rings. The predicted octanol–water partition coefficient (Wildman–Crippen LogP) is 3.15. The van der Waals surface area contributed by atoms with E-state index in [0.29, 0.717) is 43.8 Å². The standard InChI is InChI=1S/C26H34FN3O4S/c1-21-17-22(27)9-10-24(21)35(32,33)30-12-6-11-26(19-30,20-34-23-7-4-3-5-8-23)18-25(31)29-15-13-28(2)14-16-29/h3-5,7-10,17H,6,11-16,18-20H2,1-2H3/t26-/m1/s1. The third kappa shape index (κ3) is 6.02. The average Bonchev–Trinajstić information content (AvgIpc) is 2.84. The number of hydrogen-bond donors (Lipinski definition) is 0. The second-order valence-electron chi connectivity index (χ2n) is 9.81. The van der Waals surface area contributed by atoms with E-state index in [1.807, 2.05) is 42.3 Å². The Labute approximate surface area is 207 Å². The van der Waals surface area contributed by atoms with Crippen LogP contribution in [0.15, 0.2) is 53.4 Å². The number of carbonyl (C=O) groups is 1. The summed E-state index contributed by atoms with van der Waals surface area (Å²) in [6.07, 6.45) is 1.53. The van der Waals surface area contributed by atoms with E-state index in [9.17, 15) is 17.6 Å². The molecular weight excluding hydrogens is 469 g/mol. The van der Waals surface area contributed by atoms with E-state index in [-0.39, 0.29) is 30.4 Å². The smallest absolute Gasteiger partial charge is 0.243 e. The van der Waals surface area contributed by atoms with E-state index in [4.69, 9.17) is 4.74 Å². The van der Waals surface area contributed by atoms with Gasteiger partial charge in [-0.1, -0.05) is 18.2 Å². The van der Waals surface area contributed by atoms with Crippen molar-refractivity contribution in [2.24, 2.45) is 5.41 Å². The van der Waals surface area contributed by atoms with Crippen LogP contribution in [0.2, 0.25) is 0 Å². The minimum atomic E-state index is -3.85. The maximum atomic E-state index is 13.6. The quantitative estimate of drug-likeness (QED) is 0.581. The van der Waals surface area contributed by atoms with Crippen LogP contribution in [0.1, 0.15) is 24.8 Å². The summed E-state index contributed by atoms with van der Waals surface area (Å²) >= 11 is 0. The van der Waals surface area contributed by atoms with Crippen molar-refractivity contribution in [3.63, 3.8) is 0 Å². The molecule has 35 heavy (non-hydrogen) atoms. The molecule has 7 nitrogen and oxygen atoms in total. The van der Waals surface area contributed by atoms with Crippen molar-refractivity contribution in [3.8, 4) is 5.75 Å². The maximum Gasteiger partial charge on any atom is 0.243 e. The van der Waals surface area contributed by atoms with Gasteiger partial charge in [0, 0.05) is 51.1 Å². The predicted molar refractivity (Wildman–Crippen MR) is 132 cm³/mol. The molecule has 0 saturated carbocycles. The Morgan fingerprint density at radius 3 is 2.46 bits per heavy atom. The van der Waals surface area contributed by atoms with Crippen molar-refractivity contribution in [2.45, 2.75) is 31.1 Å². The molecule has 0 spiro atoms. The van der Waals surface area contributed by atoms with Gasteiger partial charge in [0.05, 0.1) is 11.5 Å². The lowest BCUT2D eigenvalue weighted by Crippen LogP contribution is -2.53. The first-order valence-corrected chi connectivity index (χ1v) is 13.5. The number of piperazine rings is 1. The molecule has 0 unspecified atom stereocenters. The lowest BCUT2D eigenvalue weighted by atomic mass is 9.78. The minimum absolute atomic E-state index is 0.0342. The van der Waals surface area contributed by atoms with Gasteiger partial charge in [-0.15, -0.1) is 0 Å². The first kappa shape index (κ1) is 25.6. The zero-order valence-electron chi connectivity index (χ0n) is 20.5. The number of aryl methyl sites for hydroxylation is 1. The van der Waals surface area contributed by atoms with Crippen LogP contribution in [0, 0.1) is 18.2 Å². The molecule has 2 saturated heterocycles. The number of piperidine rings is 1. The monoisotopic (exact) mass is 503 g/mol. The van der Waals surface area contributed by atoms with Crippen LogP contribution < -0.4 is 4.74 Å². The first-order valence-electron chi connectivity index (χ1n) is 12.1. The topological polar surface area (TPSA) is 70.2 Å². The number of rotatable bonds is 7. The fourth-order valence-corrected chi connectivity index (χ4v) is 6.76. The van der Waals surface area contributed by atoms with Gasteiger partial charge in [-0.25, -0.2) is 12.8 Å². The normalized spacial score (nSPS) is 22.2. The summed E-state index contributed by atoms with van der Waals surface area (Å²) in [6, 6.07) is 13.1. The Morgan fingerprint density at radius 2 is 1.77 bits per heavy atom. The molecule has 4 rings (SSSR count). The minimum Gasteiger partial charge on any atom is -0.493 e. The second kappa shape index (κ2) is 10.6. The molecule has 190 valence electrons. The molecule has 2 aromatic carbocycles. The van der Waals surface area contributed by atoms with Gasteiger partial charge in [-0.05, 0) is 62.7 Å². The van der Waals surface area contributed by atoms with E-state index in [1.165, 1.54) is 22.5 Å². The number of hydrogen-bond acceptors (Lipinski definition) is 5. The van der Waals surface area contributed by atoms with E-state index in [2.05, 4.69) is 4.90 Å². The molecule has 1 atom stereocenters. The van der Waals surface area contributed by atoms with E-state index in [0.717, 1.165) is 13.1 Å². The van der Waals surface area contributed by atoms with Crippen LogP contribution in [-0.4, -0.2) is 81.4 Å². The van der Waals surface area contributed by atoms with Crippen molar-refractivity contribution < 1.29 is 22.3 Å². The molecule has 2 aromatic rings. The van der Waals surface area contributed by atoms with E-state index in [1.54, 1.807) is 6.92 Å². The molecule has 0 aliphatic carbocycles. The first-order chi connectivity index (χ1) is 16.7. The van der Waals surface area contributed by atoms with E-state index < -0.39 is 21.3 Å². The average molecular weight is 504 g/mol. The molecular formula is C26H34FN3O4S. The third-order valence-corrected chi connectivity index (χ3v) is 9.06. The number of nitrogens with zero attached hydrogens (tertiary/aromatic N) is 3. The largest absolute Gasteiger partial charge is 0.493 e. The molecule has 9 heteroatoms. The SMILES string of the molecule is Cc1cc(F)ccc1S(=O)(=O)N1CCC[C@@](COc2ccccc2)(CC(=O)N2CCN(C)CC2)C1. The number of amides is 1. The van der Waals surface area contributed by atoms with Gasteiger partial charge in [-0.3, -0.25) is 4.79 Å². The lowest BCUT2D eigenvalue weighted by Gasteiger charge is -2.43. The summed E-state index contributed by atoms with van der Waals surface area (Å²) in [6.45, 7) is 5.36. The van der Waals surface area contributed by atoms with Crippen molar-refractivity contribution in [1.29, 1.82) is 0 Å². The number of benzene rings is 2. The van der Waals surface area contributed by atoms with Crippen molar-refractivity contribution in [2.75, 3.05) is 52.9 Å². The number of likely N-dealkylation sites (N-methyl/N-ethyl adjacent to an activating group) is 1. The summed E-state index contributed by atoms with van der Waals surface area (Å²) < 4.78 is 48.3. The van der Waals surface area contributed by atoms with Gasteiger partial charge in [0.15, 0.2) is 0 Å². The van der Waals surface area contributed by atoms with Gasteiger partial charge in [-0.2, -0.15) is 4.31 Å². The molecule has 2 aliphatic heterocycles. The van der Waals surface area contributed by atoms with Gasteiger partial charge < -0.3 is 14.5 Å². The van der Waals surface area contributed by atoms with Crippen LogP contribution in [0.4, 0.5) is 4.39 Å². The third-order valence-electron chi connectivity index (χ3n) is 7.05. The van der Waals surface area contributed by atoms with Crippen molar-refractivity contribution >= 4 is 15.9 Å². The number of sulfonamides is 1. The molecule has 1 amide bonds. The summed E-state index contributed by atoms with van der Waals surface area (Å²) in [4.78, 5) is 17.5. The van der Waals surface area contributed by atoms with E-state index >= 15 is 0 Å². The zero-order chi connectivity index (χ0) is 25.1. The molecule has 2 fully saturated rings. The second-order valence-corrected chi connectivity index (χ2v) is 11.7. The van der Waals surface area contributed by atoms with Crippen LogP contribution in [-0.2, 0) is 14.8 Å². The van der Waals surface area contributed by atoms with Crippen LogP contribution in [0.5, 0.6) is 5.75 Å². The lowest BCUT2D eigenvalue weighted by molar-refractivity contribution is -0.136. The zero-order valence-corrected chi connectivity index (χ0v) is 21.3. The van der Waals surface area contributed by atoms with Crippen LogP contribution >= 0.6 is 0 Å². The fourth-order valence-electron chi connectivity index (χ4n) is 4.96. The number of ether oxygens (including phenoxy) is 1. The highest BCUT2D eigenvalue weighted by atomic mass is 32.2. The highest BCUT2D eigenvalue weighted by Gasteiger charge is 2.43. The van der Waals surface area contributed by atoms with Gasteiger partial charge in [0.1, 0.15) is 11.6 Å². The molecule has 0 radical (unpaired) electrons. The maximum absolute atomic E-state index is 13.6. The molecule has 0 bridgehead atoms. The van der Waals surface area contributed by atoms with Gasteiger partial charge in [0.2, 0.25) is 15.9 Å². The summed E-state index contributed by atoms with van der Waals surface area (Å²) in [5.74, 6) is 0.253. The number of halogens is 1. The summed E-state index contributed by atoms with van der Waals surface area (Å²) in [7, 11) is -1.81. The van der Waals surface area contributed by atoms with Crippen molar-refractivity contribution in [1.82, 2.24) is 14.1 Å². The van der Waals surface area contributed by atoms with Gasteiger partial charge >= 0.3 is 0 Å². The Balaban J connectivity index is 1.58. The highest BCUT2D eigenvalue weighted by molar-refractivity contribution is 7.89. The Hall–Kier alpha value is -2.49. The number of para-hydroxylation sites is 1. The summed E-state index contributed by atoms with van der Waals surface area (Å²) in [5, 5.41) is 0. The fraction of sp³-hybridized carbons (Fsp3) is 0.500. The van der Waals surface area contributed by atoms with Crippen LogP contribution in [0.3, 0.4) is 0 Å².